The van der Waals surface area contributed by atoms with Crippen molar-refractivity contribution in [2.75, 3.05) is 0 Å². The fourth-order valence-corrected chi connectivity index (χ4v) is 2.36. The van der Waals surface area contributed by atoms with Gasteiger partial charge in [-0.05, 0) is 17.9 Å². The Morgan fingerprint density at radius 2 is 1.75 bits per heavy atom. The Kier molecular flexibility index (Phi) is 4.50. The minimum absolute atomic E-state index is 0.123. The van der Waals surface area contributed by atoms with Crippen LogP contribution in [-0.4, -0.2) is 9.97 Å². The lowest BCUT2D eigenvalue weighted by molar-refractivity contribution is 0.252. The van der Waals surface area contributed by atoms with Crippen LogP contribution in [0.25, 0.3) is 0 Å². The third-order valence-electron chi connectivity index (χ3n) is 3.44. The molecular weight excluding hydrogens is 246 g/mol. The SMILES string of the molecule is CC(NC(c1ccccc1)C(C)(C)C)c1cnccn1. The summed E-state index contributed by atoms with van der Waals surface area (Å²) in [6.45, 7) is 8.88. The van der Waals surface area contributed by atoms with Crippen molar-refractivity contribution in [1.82, 2.24) is 15.3 Å². The maximum Gasteiger partial charge on any atom is 0.0753 e. The number of benzene rings is 1. The van der Waals surface area contributed by atoms with Gasteiger partial charge in [0.25, 0.3) is 0 Å². The van der Waals surface area contributed by atoms with Crippen LogP contribution >= 0.6 is 0 Å². The molecule has 0 bridgehead atoms. The van der Waals surface area contributed by atoms with E-state index in [-0.39, 0.29) is 17.5 Å². The Morgan fingerprint density at radius 3 is 2.30 bits per heavy atom. The second-order valence-corrected chi connectivity index (χ2v) is 6.23. The standard InChI is InChI=1S/C17H23N3/c1-13(15-12-18-10-11-19-15)20-16(17(2,3)4)14-8-6-5-7-9-14/h5-13,16,20H,1-4H3. The van der Waals surface area contributed by atoms with Gasteiger partial charge in [-0.15, -0.1) is 0 Å². The van der Waals surface area contributed by atoms with Gasteiger partial charge in [0.05, 0.1) is 5.69 Å². The summed E-state index contributed by atoms with van der Waals surface area (Å²) in [7, 11) is 0. The molecule has 3 heteroatoms. The Bertz CT molecular complexity index is 517. The molecule has 3 nitrogen and oxygen atoms in total. The predicted molar refractivity (Wildman–Crippen MR) is 82.2 cm³/mol. The molecule has 1 aromatic carbocycles. The first-order chi connectivity index (χ1) is 9.48. The van der Waals surface area contributed by atoms with Gasteiger partial charge in [0.1, 0.15) is 0 Å². The maximum absolute atomic E-state index is 4.38. The van der Waals surface area contributed by atoms with Crippen molar-refractivity contribution in [3.63, 3.8) is 0 Å². The molecule has 0 saturated carbocycles. The molecule has 1 N–H and O–H groups in total. The normalized spacial score (nSPS) is 14.8. The number of rotatable bonds is 4. The first kappa shape index (κ1) is 14.7. The fourth-order valence-electron chi connectivity index (χ4n) is 2.36. The van der Waals surface area contributed by atoms with Crippen LogP contribution in [0, 0.1) is 5.41 Å². The van der Waals surface area contributed by atoms with Crippen LogP contribution in [0.4, 0.5) is 0 Å². The lowest BCUT2D eigenvalue weighted by Crippen LogP contribution is -2.34. The highest BCUT2D eigenvalue weighted by atomic mass is 15.0. The van der Waals surface area contributed by atoms with Crippen LogP contribution in [0.2, 0.25) is 0 Å². The van der Waals surface area contributed by atoms with Gasteiger partial charge >= 0.3 is 0 Å². The number of nitrogens with zero attached hydrogens (tertiary/aromatic N) is 2. The Hall–Kier alpha value is -1.74. The number of aromatic nitrogens is 2. The lowest BCUT2D eigenvalue weighted by atomic mass is 9.82. The van der Waals surface area contributed by atoms with Crippen molar-refractivity contribution in [2.45, 2.75) is 39.8 Å². The van der Waals surface area contributed by atoms with Crippen molar-refractivity contribution in [3.05, 3.63) is 60.2 Å². The van der Waals surface area contributed by atoms with E-state index in [2.05, 4.69) is 73.3 Å². The van der Waals surface area contributed by atoms with Crippen LogP contribution in [-0.2, 0) is 0 Å². The predicted octanol–water partition coefficient (Wildman–Crippen LogP) is 3.91. The zero-order valence-corrected chi connectivity index (χ0v) is 12.7. The van der Waals surface area contributed by atoms with E-state index in [1.165, 1.54) is 5.56 Å². The van der Waals surface area contributed by atoms with Crippen molar-refractivity contribution in [2.24, 2.45) is 5.41 Å². The maximum atomic E-state index is 4.38. The fraction of sp³-hybridized carbons (Fsp3) is 0.412. The number of hydrogen-bond acceptors (Lipinski definition) is 3. The van der Waals surface area contributed by atoms with E-state index in [1.54, 1.807) is 12.4 Å². The molecule has 20 heavy (non-hydrogen) atoms. The molecule has 2 atom stereocenters. The third kappa shape index (κ3) is 3.64. The molecule has 0 fully saturated rings. The summed E-state index contributed by atoms with van der Waals surface area (Å²) in [6, 6.07) is 11.0. The molecule has 2 aromatic rings. The summed E-state index contributed by atoms with van der Waals surface area (Å²) >= 11 is 0. The highest BCUT2D eigenvalue weighted by molar-refractivity contribution is 5.21. The van der Waals surface area contributed by atoms with E-state index in [0.717, 1.165) is 5.69 Å². The molecule has 0 aliphatic rings. The Balaban J connectivity index is 2.22. The van der Waals surface area contributed by atoms with Gasteiger partial charge in [0, 0.05) is 30.7 Å². The minimum atomic E-state index is 0.123. The quantitative estimate of drug-likeness (QED) is 0.914. The van der Waals surface area contributed by atoms with E-state index in [4.69, 9.17) is 0 Å². The van der Waals surface area contributed by atoms with Gasteiger partial charge in [-0.2, -0.15) is 0 Å². The van der Waals surface area contributed by atoms with E-state index in [9.17, 15) is 0 Å². The molecule has 1 heterocycles. The molecule has 2 unspecified atom stereocenters. The first-order valence-electron chi connectivity index (χ1n) is 7.05. The summed E-state index contributed by atoms with van der Waals surface area (Å²) < 4.78 is 0. The molecule has 0 aliphatic carbocycles. The molecule has 0 radical (unpaired) electrons. The minimum Gasteiger partial charge on any atom is -0.301 e. The lowest BCUT2D eigenvalue weighted by Gasteiger charge is -2.34. The van der Waals surface area contributed by atoms with Crippen LogP contribution in [0.5, 0.6) is 0 Å². The van der Waals surface area contributed by atoms with Crippen molar-refractivity contribution < 1.29 is 0 Å². The molecule has 0 amide bonds. The van der Waals surface area contributed by atoms with Gasteiger partial charge in [-0.3, -0.25) is 9.97 Å². The van der Waals surface area contributed by atoms with E-state index >= 15 is 0 Å². The zero-order chi connectivity index (χ0) is 14.6. The van der Waals surface area contributed by atoms with Crippen LogP contribution in [0.1, 0.15) is 51.0 Å². The zero-order valence-electron chi connectivity index (χ0n) is 12.7. The van der Waals surface area contributed by atoms with Crippen molar-refractivity contribution >= 4 is 0 Å². The average Bonchev–Trinajstić information content (AvgIpc) is 2.45. The van der Waals surface area contributed by atoms with Crippen LogP contribution < -0.4 is 5.32 Å². The molecule has 0 spiro atoms. The Labute approximate surface area is 121 Å². The van der Waals surface area contributed by atoms with Gasteiger partial charge in [-0.1, -0.05) is 51.1 Å². The third-order valence-corrected chi connectivity index (χ3v) is 3.44. The summed E-state index contributed by atoms with van der Waals surface area (Å²) in [5.74, 6) is 0. The monoisotopic (exact) mass is 269 g/mol. The van der Waals surface area contributed by atoms with Crippen molar-refractivity contribution in [3.8, 4) is 0 Å². The topological polar surface area (TPSA) is 37.8 Å². The number of nitrogens with one attached hydrogen (secondary N) is 1. The summed E-state index contributed by atoms with van der Waals surface area (Å²) in [5.41, 5.74) is 2.39. The molecule has 106 valence electrons. The van der Waals surface area contributed by atoms with Crippen LogP contribution in [0.3, 0.4) is 0 Å². The smallest absolute Gasteiger partial charge is 0.0753 e. The van der Waals surface area contributed by atoms with Crippen molar-refractivity contribution in [1.29, 1.82) is 0 Å². The van der Waals surface area contributed by atoms with Crippen LogP contribution in [0.15, 0.2) is 48.9 Å². The molecule has 2 rings (SSSR count). The van der Waals surface area contributed by atoms with Gasteiger partial charge in [-0.25, -0.2) is 0 Å². The van der Waals surface area contributed by atoms with Gasteiger partial charge < -0.3 is 5.32 Å². The Morgan fingerprint density at radius 1 is 1.05 bits per heavy atom. The molecule has 1 aromatic heterocycles. The van der Waals surface area contributed by atoms with Gasteiger partial charge in [0.2, 0.25) is 0 Å². The number of hydrogen-bond donors (Lipinski definition) is 1. The largest absolute Gasteiger partial charge is 0.301 e. The second kappa shape index (κ2) is 6.14. The van der Waals surface area contributed by atoms with E-state index < -0.39 is 0 Å². The highest BCUT2D eigenvalue weighted by Gasteiger charge is 2.27. The first-order valence-corrected chi connectivity index (χ1v) is 7.05. The molecule has 0 aliphatic heterocycles. The van der Waals surface area contributed by atoms with E-state index in [0.29, 0.717) is 0 Å². The molecular formula is C17H23N3. The summed E-state index contributed by atoms with van der Waals surface area (Å²) in [4.78, 5) is 8.53. The van der Waals surface area contributed by atoms with E-state index in [1.807, 2.05) is 6.20 Å². The van der Waals surface area contributed by atoms with Gasteiger partial charge in [0.15, 0.2) is 0 Å². The molecule has 0 saturated heterocycles. The summed E-state index contributed by atoms with van der Waals surface area (Å²) in [6.07, 6.45) is 5.26. The second-order valence-electron chi connectivity index (χ2n) is 6.23. The summed E-state index contributed by atoms with van der Waals surface area (Å²) in [5, 5.41) is 3.69. The highest BCUT2D eigenvalue weighted by Crippen LogP contribution is 2.34. The average molecular weight is 269 g/mol.